The van der Waals surface area contributed by atoms with E-state index in [-0.39, 0.29) is 17.0 Å². The highest BCUT2D eigenvalue weighted by atomic mass is 16.5. The minimum atomic E-state index is -1.75. The van der Waals surface area contributed by atoms with Gasteiger partial charge in [-0.3, -0.25) is 9.78 Å². The van der Waals surface area contributed by atoms with Crippen molar-refractivity contribution in [3.8, 4) is 17.2 Å². The Kier molecular flexibility index (Phi) is 5.25. The van der Waals surface area contributed by atoms with Crippen LogP contribution in [0.3, 0.4) is 0 Å². The molecule has 7 heteroatoms. The van der Waals surface area contributed by atoms with Gasteiger partial charge in [0, 0.05) is 22.7 Å². The average Bonchev–Trinajstić information content (AvgIpc) is 2.71. The minimum Gasteiger partial charge on any atom is -0.497 e. The highest BCUT2D eigenvalue weighted by molar-refractivity contribution is 6.15. The van der Waals surface area contributed by atoms with Crippen molar-refractivity contribution in [1.29, 1.82) is 0 Å². The van der Waals surface area contributed by atoms with Gasteiger partial charge in [-0.1, -0.05) is 12.1 Å². The Morgan fingerprint density at radius 3 is 2.22 bits per heavy atom. The predicted molar refractivity (Wildman–Crippen MR) is 98.5 cm³/mol. The van der Waals surface area contributed by atoms with Crippen molar-refractivity contribution in [3.05, 3.63) is 59.4 Å². The zero-order valence-corrected chi connectivity index (χ0v) is 15.1. The smallest absolute Gasteiger partial charge is 0.212 e. The molecule has 0 aliphatic rings. The fourth-order valence-electron chi connectivity index (χ4n) is 2.87. The van der Waals surface area contributed by atoms with E-state index in [0.717, 1.165) is 0 Å². The second kappa shape index (κ2) is 7.61. The van der Waals surface area contributed by atoms with Crippen LogP contribution in [0.15, 0.2) is 42.6 Å². The lowest BCUT2D eigenvalue weighted by atomic mass is 9.98. The Balaban J connectivity index is 2.26. The summed E-state index contributed by atoms with van der Waals surface area (Å²) in [5, 5.41) is 20.2. The second-order valence-corrected chi connectivity index (χ2v) is 5.75. The second-order valence-electron chi connectivity index (χ2n) is 5.75. The fourth-order valence-corrected chi connectivity index (χ4v) is 2.87. The van der Waals surface area contributed by atoms with E-state index in [1.54, 1.807) is 36.4 Å². The minimum absolute atomic E-state index is 0.156. The summed E-state index contributed by atoms with van der Waals surface area (Å²) in [6, 6.07) is 9.91. The van der Waals surface area contributed by atoms with Crippen LogP contribution in [0.1, 0.15) is 27.9 Å². The van der Waals surface area contributed by atoms with Crippen molar-refractivity contribution in [3.63, 3.8) is 0 Å². The van der Waals surface area contributed by atoms with E-state index in [2.05, 4.69) is 4.98 Å². The van der Waals surface area contributed by atoms with Crippen molar-refractivity contribution in [2.24, 2.45) is 0 Å². The van der Waals surface area contributed by atoms with E-state index in [1.807, 2.05) is 0 Å². The summed E-state index contributed by atoms with van der Waals surface area (Å²) in [6.07, 6.45) is -0.481. The molecule has 7 nitrogen and oxygen atoms in total. The zero-order chi connectivity index (χ0) is 19.6. The highest BCUT2D eigenvalue weighted by Gasteiger charge is 2.21. The number of aromatic nitrogens is 1. The lowest BCUT2D eigenvalue weighted by molar-refractivity contribution is -0.0415. The molecule has 0 atom stereocenters. The van der Waals surface area contributed by atoms with Crippen LogP contribution in [-0.2, 0) is 0 Å². The molecule has 0 aliphatic heterocycles. The van der Waals surface area contributed by atoms with E-state index < -0.39 is 6.29 Å². The average molecular weight is 369 g/mol. The summed E-state index contributed by atoms with van der Waals surface area (Å²) in [5.74, 6) is 1.02. The largest absolute Gasteiger partial charge is 0.497 e. The van der Waals surface area contributed by atoms with Gasteiger partial charge < -0.3 is 24.4 Å². The standard InChI is InChI=1S/C20H19NO6/c1-25-12-6-4-5-11(7-12)19(22)18-14-9-17(27-3)16(26-2)8-13(14)15(10-21-18)20(23)24/h4-10,20,23-24H,1-3H3. The van der Waals surface area contributed by atoms with Gasteiger partial charge in [0.1, 0.15) is 11.4 Å². The summed E-state index contributed by atoms with van der Waals surface area (Å²) < 4.78 is 15.8. The van der Waals surface area contributed by atoms with E-state index in [0.29, 0.717) is 33.6 Å². The van der Waals surface area contributed by atoms with E-state index >= 15 is 0 Å². The van der Waals surface area contributed by atoms with Gasteiger partial charge >= 0.3 is 0 Å². The van der Waals surface area contributed by atoms with Crippen molar-refractivity contribution >= 4 is 16.6 Å². The molecule has 0 unspecified atom stereocenters. The molecule has 3 rings (SSSR count). The maximum atomic E-state index is 13.0. The summed E-state index contributed by atoms with van der Waals surface area (Å²) in [6.45, 7) is 0. The normalized spacial score (nSPS) is 10.9. The van der Waals surface area contributed by atoms with Gasteiger partial charge in [-0.2, -0.15) is 0 Å². The molecule has 1 aromatic heterocycles. The van der Waals surface area contributed by atoms with Gasteiger partial charge in [0.05, 0.1) is 21.3 Å². The maximum absolute atomic E-state index is 13.0. The third-order valence-electron chi connectivity index (χ3n) is 4.25. The molecule has 3 aromatic rings. The SMILES string of the molecule is COc1cccc(C(=O)c2ncc(C(O)O)c3cc(OC)c(OC)cc23)c1. The molecule has 140 valence electrons. The van der Waals surface area contributed by atoms with Crippen LogP contribution in [0.4, 0.5) is 0 Å². The first-order valence-electron chi connectivity index (χ1n) is 8.09. The number of rotatable bonds is 6. The number of hydrogen-bond acceptors (Lipinski definition) is 7. The molecule has 0 bridgehead atoms. The lowest BCUT2D eigenvalue weighted by Gasteiger charge is -2.15. The maximum Gasteiger partial charge on any atom is 0.212 e. The van der Waals surface area contributed by atoms with Crippen molar-refractivity contribution < 1.29 is 29.2 Å². The summed E-state index contributed by atoms with van der Waals surface area (Å²) in [4.78, 5) is 17.2. The monoisotopic (exact) mass is 369 g/mol. The van der Waals surface area contributed by atoms with Gasteiger partial charge in [-0.15, -0.1) is 0 Å². The number of methoxy groups -OCH3 is 3. The molecule has 2 aromatic carbocycles. The van der Waals surface area contributed by atoms with E-state index in [4.69, 9.17) is 14.2 Å². The van der Waals surface area contributed by atoms with Gasteiger partial charge in [0.15, 0.2) is 17.8 Å². The number of pyridine rings is 1. The Bertz CT molecular complexity index is 999. The molecule has 0 radical (unpaired) electrons. The van der Waals surface area contributed by atoms with Crippen LogP contribution in [0.2, 0.25) is 0 Å². The third-order valence-corrected chi connectivity index (χ3v) is 4.25. The predicted octanol–water partition coefficient (Wildman–Crippen LogP) is 2.47. The Morgan fingerprint density at radius 1 is 0.963 bits per heavy atom. The van der Waals surface area contributed by atoms with E-state index in [9.17, 15) is 15.0 Å². The van der Waals surface area contributed by atoms with Gasteiger partial charge in [-0.25, -0.2) is 0 Å². The van der Waals surface area contributed by atoms with Gasteiger partial charge in [0.2, 0.25) is 5.78 Å². The summed E-state index contributed by atoms with van der Waals surface area (Å²) >= 11 is 0. The van der Waals surface area contributed by atoms with Crippen LogP contribution in [0.25, 0.3) is 10.8 Å². The number of carbonyl (C=O) groups excluding carboxylic acids is 1. The number of nitrogens with zero attached hydrogens (tertiary/aromatic N) is 1. The number of carbonyl (C=O) groups is 1. The molecule has 2 N–H and O–H groups in total. The lowest BCUT2D eigenvalue weighted by Crippen LogP contribution is -2.08. The molecule has 1 heterocycles. The topological polar surface area (TPSA) is 98.1 Å². The number of aliphatic hydroxyl groups is 2. The highest BCUT2D eigenvalue weighted by Crippen LogP contribution is 2.36. The zero-order valence-electron chi connectivity index (χ0n) is 15.1. The first-order chi connectivity index (χ1) is 13.0. The number of hydrogen-bond donors (Lipinski definition) is 2. The number of fused-ring (bicyclic) bond motifs is 1. The van der Waals surface area contributed by atoms with Crippen LogP contribution < -0.4 is 14.2 Å². The molecule has 0 amide bonds. The van der Waals surface area contributed by atoms with Crippen molar-refractivity contribution in [2.45, 2.75) is 6.29 Å². The first kappa shape index (κ1) is 18.6. The van der Waals surface area contributed by atoms with Crippen molar-refractivity contribution in [1.82, 2.24) is 4.98 Å². The fraction of sp³-hybridized carbons (Fsp3) is 0.200. The number of aliphatic hydroxyl groups excluding tert-OH is 1. The van der Waals surface area contributed by atoms with Crippen molar-refractivity contribution in [2.75, 3.05) is 21.3 Å². The van der Waals surface area contributed by atoms with Gasteiger partial charge in [0.25, 0.3) is 0 Å². The van der Waals surface area contributed by atoms with Crippen LogP contribution in [0, 0.1) is 0 Å². The quantitative estimate of drug-likeness (QED) is 0.509. The molecule has 0 saturated carbocycles. The molecule has 0 spiro atoms. The van der Waals surface area contributed by atoms with Crippen LogP contribution in [-0.4, -0.2) is 42.3 Å². The van der Waals surface area contributed by atoms with Gasteiger partial charge in [-0.05, 0) is 29.7 Å². The van der Waals surface area contributed by atoms with Crippen LogP contribution >= 0.6 is 0 Å². The first-order valence-corrected chi connectivity index (χ1v) is 8.09. The molecule has 0 fully saturated rings. The van der Waals surface area contributed by atoms with E-state index in [1.165, 1.54) is 27.5 Å². The Labute approximate surface area is 155 Å². The molecule has 27 heavy (non-hydrogen) atoms. The number of ether oxygens (including phenoxy) is 3. The molecule has 0 aliphatic carbocycles. The number of benzene rings is 2. The summed E-state index contributed by atoms with van der Waals surface area (Å²) in [5.41, 5.74) is 0.715. The summed E-state index contributed by atoms with van der Waals surface area (Å²) in [7, 11) is 4.47. The Hall–Kier alpha value is -3.16. The molecular formula is C20H19NO6. The molecule has 0 saturated heterocycles. The third kappa shape index (κ3) is 3.42. The van der Waals surface area contributed by atoms with Crippen LogP contribution in [0.5, 0.6) is 17.2 Å². The molecular weight excluding hydrogens is 350 g/mol. The number of ketones is 1. The Morgan fingerprint density at radius 2 is 1.63 bits per heavy atom.